The van der Waals surface area contributed by atoms with E-state index in [1.807, 2.05) is 6.08 Å². The highest BCUT2D eigenvalue weighted by molar-refractivity contribution is 7.13. The van der Waals surface area contributed by atoms with Crippen molar-refractivity contribution in [3.8, 4) is 22.2 Å². The van der Waals surface area contributed by atoms with Gasteiger partial charge in [0, 0.05) is 55.4 Å². The van der Waals surface area contributed by atoms with Gasteiger partial charge < -0.3 is 24.4 Å². The van der Waals surface area contributed by atoms with E-state index in [0.717, 1.165) is 36.0 Å². The first-order chi connectivity index (χ1) is 19.9. The topological polar surface area (TPSA) is 105 Å². The van der Waals surface area contributed by atoms with Crippen LogP contribution in [0.25, 0.3) is 21.6 Å². The van der Waals surface area contributed by atoms with Crippen LogP contribution in [-0.4, -0.2) is 76.3 Å². The van der Waals surface area contributed by atoms with Crippen LogP contribution in [-0.2, 0) is 11.0 Å². The highest BCUT2D eigenvalue weighted by Crippen LogP contribution is 2.39. The molecule has 2 aromatic heterocycles. The molecule has 1 aliphatic heterocycles. The van der Waals surface area contributed by atoms with Crippen molar-refractivity contribution in [2.75, 3.05) is 27.2 Å². The number of benzene rings is 1. The minimum atomic E-state index is -4.60. The van der Waals surface area contributed by atoms with Crippen molar-refractivity contribution in [3.63, 3.8) is 0 Å². The number of allylic oxidation sites excluding steroid dienone is 1. The number of methoxy groups -OCH3 is 1. The lowest BCUT2D eigenvalue weighted by molar-refractivity contribution is -0.145. The third-order valence-electron chi connectivity index (χ3n) is 7.24. The van der Waals surface area contributed by atoms with Crippen molar-refractivity contribution in [1.82, 2.24) is 19.8 Å². The molecule has 2 amide bonds. The summed E-state index contributed by atoms with van der Waals surface area (Å²) in [5, 5.41) is 11.6. The Balaban J connectivity index is 1.61. The number of nitrogens with zero attached hydrogens (tertiary/aromatic N) is 4. The number of piperidine rings is 1. The van der Waals surface area contributed by atoms with Gasteiger partial charge in [-0.05, 0) is 38.3 Å². The number of hydrogen-bond donors (Lipinski definition) is 1. The first kappa shape index (κ1) is 31.1. The smallest absolute Gasteiger partial charge is 0.434 e. The average Bonchev–Trinajstić information content (AvgIpc) is 3.47. The number of aliphatic carboxylic acids is 1. The number of thiazole rings is 1. The molecule has 0 radical (unpaired) electrons. The number of ether oxygens (including phenoxy) is 2. The molecule has 2 atom stereocenters. The van der Waals surface area contributed by atoms with Gasteiger partial charge in [-0.3, -0.25) is 0 Å². The van der Waals surface area contributed by atoms with E-state index < -0.39 is 30.0 Å². The van der Waals surface area contributed by atoms with Gasteiger partial charge in [0.2, 0.25) is 0 Å². The second-order valence-electron chi connectivity index (χ2n) is 10.1. The number of fused-ring (bicyclic) bond motifs is 1. The molecule has 1 aromatic carbocycles. The molecule has 13 heteroatoms. The summed E-state index contributed by atoms with van der Waals surface area (Å²) in [6.45, 7) is 6.14. The third-order valence-corrected chi connectivity index (χ3v) is 8.10. The van der Waals surface area contributed by atoms with E-state index in [-0.39, 0.29) is 29.7 Å². The molecule has 0 spiro atoms. The SMILES string of the molecule is C=CCCCCN(C)C(=O)N1CC[C@H](Oc2cc(-c3nc(C(F)(F)F)cs3)nc3c(C)c(OC)ccc23)C[C@H]1C(=O)O. The van der Waals surface area contributed by atoms with Crippen LogP contribution in [0.3, 0.4) is 0 Å². The fourth-order valence-corrected chi connectivity index (χ4v) is 5.75. The summed E-state index contributed by atoms with van der Waals surface area (Å²) in [4.78, 5) is 36.6. The van der Waals surface area contributed by atoms with Crippen LogP contribution in [0.1, 0.15) is 43.4 Å². The van der Waals surface area contributed by atoms with Gasteiger partial charge in [-0.2, -0.15) is 13.2 Å². The summed E-state index contributed by atoms with van der Waals surface area (Å²) in [6.07, 6.45) is -0.458. The van der Waals surface area contributed by atoms with Gasteiger partial charge in [0.05, 0.1) is 12.6 Å². The number of pyridine rings is 1. The summed E-state index contributed by atoms with van der Waals surface area (Å²) in [6, 6.07) is 3.55. The fraction of sp³-hybridized carbons (Fsp3) is 0.448. The van der Waals surface area contributed by atoms with E-state index in [0.29, 0.717) is 40.9 Å². The minimum Gasteiger partial charge on any atom is -0.496 e. The Morgan fingerprint density at radius 2 is 2.02 bits per heavy atom. The van der Waals surface area contributed by atoms with Crippen molar-refractivity contribution < 1.29 is 37.3 Å². The fourth-order valence-electron chi connectivity index (χ4n) is 4.96. The number of likely N-dealkylation sites (tertiary alicyclic amines) is 1. The average molecular weight is 607 g/mol. The Bertz CT molecular complexity index is 1460. The number of alkyl halides is 3. The number of aromatic nitrogens is 2. The number of carbonyl (C=O) groups is 2. The normalized spacial score (nSPS) is 17.2. The molecule has 0 bridgehead atoms. The summed E-state index contributed by atoms with van der Waals surface area (Å²) in [5.41, 5.74) is 0.302. The van der Waals surface area contributed by atoms with Crippen molar-refractivity contribution >= 4 is 34.2 Å². The van der Waals surface area contributed by atoms with E-state index >= 15 is 0 Å². The van der Waals surface area contributed by atoms with Gasteiger partial charge in [-0.1, -0.05) is 6.08 Å². The summed E-state index contributed by atoms with van der Waals surface area (Å²) in [7, 11) is 3.16. The first-order valence-corrected chi connectivity index (χ1v) is 14.4. The van der Waals surface area contributed by atoms with Gasteiger partial charge in [0.15, 0.2) is 5.69 Å². The molecule has 0 unspecified atom stereocenters. The van der Waals surface area contributed by atoms with E-state index in [2.05, 4.69) is 16.5 Å². The van der Waals surface area contributed by atoms with Gasteiger partial charge >= 0.3 is 18.2 Å². The van der Waals surface area contributed by atoms with Gasteiger partial charge in [-0.15, -0.1) is 17.9 Å². The number of carboxylic acids is 1. The maximum Gasteiger partial charge on any atom is 0.434 e. The van der Waals surface area contributed by atoms with Crippen molar-refractivity contribution in [3.05, 3.63) is 47.5 Å². The van der Waals surface area contributed by atoms with E-state index in [4.69, 9.17) is 9.47 Å². The Labute approximate surface area is 245 Å². The van der Waals surface area contributed by atoms with Gasteiger partial charge in [-0.25, -0.2) is 19.6 Å². The molecule has 4 rings (SSSR count). The number of carboxylic acid groups (broad SMARTS) is 1. The van der Waals surface area contributed by atoms with Crippen LogP contribution in [0.4, 0.5) is 18.0 Å². The molecule has 226 valence electrons. The Hall–Kier alpha value is -3.87. The zero-order valence-electron chi connectivity index (χ0n) is 23.6. The molecule has 3 aromatic rings. The number of urea groups is 1. The lowest BCUT2D eigenvalue weighted by Gasteiger charge is -2.39. The number of rotatable bonds is 10. The lowest BCUT2D eigenvalue weighted by atomic mass is 9.99. The second-order valence-corrected chi connectivity index (χ2v) is 11.0. The predicted molar refractivity (Wildman–Crippen MR) is 153 cm³/mol. The molecule has 1 fully saturated rings. The van der Waals surface area contributed by atoms with Gasteiger partial charge in [0.25, 0.3) is 0 Å². The molecule has 1 N–H and O–H groups in total. The number of hydrogen-bond acceptors (Lipinski definition) is 7. The van der Waals surface area contributed by atoms with Crippen molar-refractivity contribution in [1.29, 1.82) is 0 Å². The molecule has 0 aliphatic carbocycles. The number of carbonyl (C=O) groups excluding carboxylic acids is 1. The molecular formula is C29H33F3N4O5S. The minimum absolute atomic E-state index is 0.0368. The quantitative estimate of drug-likeness (QED) is 0.210. The maximum absolute atomic E-state index is 13.3. The number of halogens is 3. The number of unbranched alkanes of at least 4 members (excludes halogenated alkanes) is 2. The largest absolute Gasteiger partial charge is 0.496 e. The summed E-state index contributed by atoms with van der Waals surface area (Å²) >= 11 is 0.815. The van der Waals surface area contributed by atoms with Crippen molar-refractivity contribution in [2.45, 2.75) is 57.3 Å². The third kappa shape index (κ3) is 6.77. The van der Waals surface area contributed by atoms with Crippen molar-refractivity contribution in [2.24, 2.45) is 0 Å². The molecule has 3 heterocycles. The predicted octanol–water partition coefficient (Wildman–Crippen LogP) is 6.40. The van der Waals surface area contributed by atoms with Crippen LogP contribution in [0.5, 0.6) is 11.5 Å². The zero-order valence-corrected chi connectivity index (χ0v) is 24.4. The first-order valence-electron chi connectivity index (χ1n) is 13.5. The molecule has 1 aliphatic rings. The number of aryl methyl sites for hydroxylation is 1. The van der Waals surface area contributed by atoms with E-state index in [1.165, 1.54) is 23.0 Å². The highest BCUT2D eigenvalue weighted by atomic mass is 32.1. The van der Waals surface area contributed by atoms with Crippen LogP contribution >= 0.6 is 11.3 Å². The Kier molecular flexibility index (Phi) is 9.60. The molecule has 0 saturated carbocycles. The highest BCUT2D eigenvalue weighted by Gasteiger charge is 2.39. The monoisotopic (exact) mass is 606 g/mol. The zero-order chi connectivity index (χ0) is 30.6. The summed E-state index contributed by atoms with van der Waals surface area (Å²) in [5.74, 6) is -0.266. The molecule has 42 heavy (non-hydrogen) atoms. The molecule has 1 saturated heterocycles. The molecule has 9 nitrogen and oxygen atoms in total. The standard InChI is InChI=1S/C29H33F3N4O5S/c1-5-6-7-8-12-35(3)28(39)36-13-11-18(14-21(36)27(37)38)41-23-15-20(26-34-24(16-42-26)29(30,31)32)33-25-17(2)22(40-4)10-9-19(23)25/h5,9-10,15-16,18,21H,1,6-8,11-14H2,2-4H3,(H,37,38)/t18-,21-/m0/s1. The van der Waals surface area contributed by atoms with Crippen LogP contribution in [0.2, 0.25) is 0 Å². The number of amides is 2. The second kappa shape index (κ2) is 13.0. The maximum atomic E-state index is 13.3. The van der Waals surface area contributed by atoms with E-state index in [1.54, 1.807) is 26.1 Å². The van der Waals surface area contributed by atoms with Crippen LogP contribution in [0, 0.1) is 6.92 Å². The Morgan fingerprint density at radius 3 is 2.67 bits per heavy atom. The van der Waals surface area contributed by atoms with Crippen LogP contribution in [0.15, 0.2) is 36.2 Å². The van der Waals surface area contributed by atoms with Gasteiger partial charge in [0.1, 0.15) is 34.3 Å². The molecular weight excluding hydrogens is 573 g/mol. The van der Waals surface area contributed by atoms with E-state index in [9.17, 15) is 27.9 Å². The Morgan fingerprint density at radius 1 is 1.26 bits per heavy atom. The van der Waals surface area contributed by atoms with Crippen LogP contribution < -0.4 is 9.47 Å². The lowest BCUT2D eigenvalue weighted by Crippen LogP contribution is -2.55. The summed E-state index contributed by atoms with van der Waals surface area (Å²) < 4.78 is 51.5.